The van der Waals surface area contributed by atoms with E-state index in [1.165, 1.54) is 0 Å². The maximum absolute atomic E-state index is 12.2. The first kappa shape index (κ1) is 14.4. The highest BCUT2D eigenvalue weighted by Crippen LogP contribution is 2.58. The molecule has 5 heteroatoms. The molecule has 0 heterocycles. The molecule has 0 bridgehead atoms. The van der Waals surface area contributed by atoms with E-state index in [0.29, 0.717) is 5.69 Å². The zero-order valence-electron chi connectivity index (χ0n) is 12.1. The Kier molecular flexibility index (Phi) is 3.46. The van der Waals surface area contributed by atoms with Crippen molar-refractivity contribution in [1.82, 2.24) is 0 Å². The standard InChI is InChI=1S/C15H19NO4/c1-8-7-9(5-6-10(8)20-4)16-13(17)11-12(14(18)19)15(11,2)3/h5-7,11-12H,1-4H3,(H,16,17)(H,18,19). The summed E-state index contributed by atoms with van der Waals surface area (Å²) in [6.45, 7) is 5.49. The monoisotopic (exact) mass is 277 g/mol. The largest absolute Gasteiger partial charge is 0.496 e. The fourth-order valence-corrected chi connectivity index (χ4v) is 2.76. The minimum atomic E-state index is -0.916. The quantitative estimate of drug-likeness (QED) is 0.885. The predicted octanol–water partition coefficient (Wildman–Crippen LogP) is 2.30. The van der Waals surface area contributed by atoms with Crippen LogP contribution < -0.4 is 10.1 Å². The number of amides is 1. The van der Waals surface area contributed by atoms with E-state index in [2.05, 4.69) is 5.32 Å². The molecule has 108 valence electrons. The maximum Gasteiger partial charge on any atom is 0.307 e. The van der Waals surface area contributed by atoms with Crippen molar-refractivity contribution in [3.63, 3.8) is 0 Å². The van der Waals surface area contributed by atoms with Crippen LogP contribution in [0.15, 0.2) is 18.2 Å². The number of aryl methyl sites for hydroxylation is 1. The van der Waals surface area contributed by atoms with E-state index < -0.39 is 23.2 Å². The average Bonchev–Trinajstić information content (AvgIpc) is 2.93. The number of rotatable bonds is 4. The molecule has 1 aromatic rings. The molecular formula is C15H19NO4. The molecule has 1 aliphatic rings. The van der Waals surface area contributed by atoms with Crippen molar-refractivity contribution >= 4 is 17.6 Å². The number of carboxylic acid groups (broad SMARTS) is 1. The molecule has 2 atom stereocenters. The van der Waals surface area contributed by atoms with E-state index in [1.807, 2.05) is 13.0 Å². The molecule has 5 nitrogen and oxygen atoms in total. The van der Waals surface area contributed by atoms with Crippen LogP contribution in [-0.2, 0) is 9.59 Å². The number of carbonyl (C=O) groups excluding carboxylic acids is 1. The van der Waals surface area contributed by atoms with Crippen LogP contribution in [0.3, 0.4) is 0 Å². The second-order valence-electron chi connectivity index (χ2n) is 5.79. The number of benzene rings is 1. The number of anilines is 1. The summed E-state index contributed by atoms with van der Waals surface area (Å²) in [5, 5.41) is 11.9. The summed E-state index contributed by atoms with van der Waals surface area (Å²) in [6.07, 6.45) is 0. The van der Waals surface area contributed by atoms with Gasteiger partial charge in [-0.1, -0.05) is 13.8 Å². The highest BCUT2D eigenvalue weighted by Gasteiger charge is 2.65. The van der Waals surface area contributed by atoms with Gasteiger partial charge in [-0.25, -0.2) is 0 Å². The molecule has 1 aromatic carbocycles. The second kappa shape index (κ2) is 4.81. The first-order chi connectivity index (χ1) is 9.28. The van der Waals surface area contributed by atoms with Gasteiger partial charge in [0.15, 0.2) is 0 Å². The van der Waals surface area contributed by atoms with Crippen molar-refractivity contribution < 1.29 is 19.4 Å². The van der Waals surface area contributed by atoms with Gasteiger partial charge in [-0.15, -0.1) is 0 Å². The fraction of sp³-hybridized carbons (Fsp3) is 0.467. The van der Waals surface area contributed by atoms with E-state index in [-0.39, 0.29) is 5.91 Å². The molecule has 0 saturated heterocycles. The van der Waals surface area contributed by atoms with E-state index in [9.17, 15) is 9.59 Å². The molecule has 0 radical (unpaired) electrons. The highest BCUT2D eigenvalue weighted by molar-refractivity contribution is 5.99. The zero-order chi connectivity index (χ0) is 15.1. The Labute approximate surface area is 117 Å². The molecule has 2 N–H and O–H groups in total. The van der Waals surface area contributed by atoms with Gasteiger partial charge >= 0.3 is 5.97 Å². The minimum Gasteiger partial charge on any atom is -0.496 e. The molecular weight excluding hydrogens is 258 g/mol. The van der Waals surface area contributed by atoms with Crippen LogP contribution in [0, 0.1) is 24.2 Å². The van der Waals surface area contributed by atoms with Gasteiger partial charge in [0.25, 0.3) is 0 Å². The van der Waals surface area contributed by atoms with Crippen molar-refractivity contribution in [2.75, 3.05) is 12.4 Å². The van der Waals surface area contributed by atoms with Crippen LogP contribution in [0.2, 0.25) is 0 Å². The Bertz CT molecular complexity index is 565. The predicted molar refractivity (Wildman–Crippen MR) is 74.8 cm³/mol. The zero-order valence-corrected chi connectivity index (χ0v) is 12.1. The number of hydrogen-bond donors (Lipinski definition) is 2. The third-order valence-corrected chi connectivity index (χ3v) is 4.04. The summed E-state index contributed by atoms with van der Waals surface area (Å²) < 4.78 is 5.16. The van der Waals surface area contributed by atoms with E-state index in [1.54, 1.807) is 33.1 Å². The smallest absolute Gasteiger partial charge is 0.307 e. The minimum absolute atomic E-state index is 0.244. The number of aliphatic carboxylic acids is 1. The SMILES string of the molecule is COc1ccc(NC(=O)C2C(C(=O)O)C2(C)C)cc1C. The van der Waals surface area contributed by atoms with Gasteiger partial charge in [0.2, 0.25) is 5.91 Å². The molecule has 1 amide bonds. The van der Waals surface area contributed by atoms with Crippen LogP contribution in [0.4, 0.5) is 5.69 Å². The number of hydrogen-bond acceptors (Lipinski definition) is 3. The highest BCUT2D eigenvalue weighted by atomic mass is 16.5. The van der Waals surface area contributed by atoms with Crippen molar-refractivity contribution in [2.24, 2.45) is 17.3 Å². The molecule has 1 fully saturated rings. The Morgan fingerprint density at radius 1 is 1.30 bits per heavy atom. The summed E-state index contributed by atoms with van der Waals surface area (Å²) in [7, 11) is 1.59. The fourth-order valence-electron chi connectivity index (χ4n) is 2.76. The van der Waals surface area contributed by atoms with Crippen molar-refractivity contribution in [1.29, 1.82) is 0 Å². The first-order valence-corrected chi connectivity index (χ1v) is 6.47. The Morgan fingerprint density at radius 3 is 2.40 bits per heavy atom. The van der Waals surface area contributed by atoms with Crippen LogP contribution in [-0.4, -0.2) is 24.1 Å². The molecule has 1 aliphatic carbocycles. The molecule has 2 rings (SSSR count). The third-order valence-electron chi connectivity index (χ3n) is 4.04. The van der Waals surface area contributed by atoms with Gasteiger partial charge in [0, 0.05) is 5.69 Å². The van der Waals surface area contributed by atoms with Gasteiger partial charge in [0.05, 0.1) is 18.9 Å². The lowest BCUT2D eigenvalue weighted by molar-refractivity contribution is -0.140. The van der Waals surface area contributed by atoms with Crippen LogP contribution in [0.1, 0.15) is 19.4 Å². The number of ether oxygens (including phenoxy) is 1. The first-order valence-electron chi connectivity index (χ1n) is 6.47. The lowest BCUT2D eigenvalue weighted by Gasteiger charge is -2.09. The Morgan fingerprint density at radius 2 is 1.95 bits per heavy atom. The number of carboxylic acids is 1. The van der Waals surface area contributed by atoms with Gasteiger partial charge < -0.3 is 15.2 Å². The molecule has 2 unspecified atom stereocenters. The lowest BCUT2D eigenvalue weighted by atomic mass is 10.1. The number of nitrogens with one attached hydrogen (secondary N) is 1. The van der Waals surface area contributed by atoms with Gasteiger partial charge in [-0.3, -0.25) is 9.59 Å². The van der Waals surface area contributed by atoms with Crippen molar-refractivity contribution in [3.05, 3.63) is 23.8 Å². The van der Waals surface area contributed by atoms with Gasteiger partial charge in [-0.05, 0) is 36.1 Å². The third kappa shape index (κ3) is 2.35. The van der Waals surface area contributed by atoms with Gasteiger partial charge in [-0.2, -0.15) is 0 Å². The van der Waals surface area contributed by atoms with Crippen LogP contribution in [0.5, 0.6) is 5.75 Å². The number of carbonyl (C=O) groups is 2. The normalized spacial score (nSPS) is 23.0. The van der Waals surface area contributed by atoms with E-state index in [0.717, 1.165) is 11.3 Å². The Balaban J connectivity index is 2.10. The van der Waals surface area contributed by atoms with Crippen LogP contribution in [0.25, 0.3) is 0 Å². The average molecular weight is 277 g/mol. The maximum atomic E-state index is 12.2. The molecule has 0 aliphatic heterocycles. The summed E-state index contributed by atoms with van der Waals surface area (Å²) in [6, 6.07) is 5.33. The van der Waals surface area contributed by atoms with E-state index in [4.69, 9.17) is 9.84 Å². The summed E-state index contributed by atoms with van der Waals surface area (Å²) in [4.78, 5) is 23.3. The molecule has 20 heavy (non-hydrogen) atoms. The topological polar surface area (TPSA) is 75.6 Å². The van der Waals surface area contributed by atoms with Crippen molar-refractivity contribution in [2.45, 2.75) is 20.8 Å². The number of methoxy groups -OCH3 is 1. The molecule has 0 aromatic heterocycles. The van der Waals surface area contributed by atoms with Gasteiger partial charge in [0.1, 0.15) is 5.75 Å². The molecule has 1 saturated carbocycles. The summed E-state index contributed by atoms with van der Waals surface area (Å²) in [5.74, 6) is -1.50. The second-order valence-corrected chi connectivity index (χ2v) is 5.79. The van der Waals surface area contributed by atoms with Crippen molar-refractivity contribution in [3.8, 4) is 5.75 Å². The lowest BCUT2D eigenvalue weighted by Crippen LogP contribution is -2.17. The summed E-state index contributed by atoms with van der Waals surface area (Å²) >= 11 is 0. The van der Waals surface area contributed by atoms with Crippen LogP contribution >= 0.6 is 0 Å². The molecule has 0 spiro atoms. The Hall–Kier alpha value is -2.04. The van der Waals surface area contributed by atoms with E-state index >= 15 is 0 Å². The summed E-state index contributed by atoms with van der Waals surface area (Å²) in [5.41, 5.74) is 1.08.